The fourth-order valence-electron chi connectivity index (χ4n) is 4.45. The zero-order valence-electron chi connectivity index (χ0n) is 21.6. The number of rotatable bonds is 7. The average Bonchev–Trinajstić information content (AvgIpc) is 2.92. The van der Waals surface area contributed by atoms with Gasteiger partial charge in [0.05, 0.1) is 11.7 Å². The number of benzene rings is 2. The van der Waals surface area contributed by atoms with Crippen molar-refractivity contribution in [2.75, 3.05) is 37.6 Å². The Kier molecular flexibility index (Phi) is 7.98. The maximum atomic E-state index is 13.2. The van der Waals surface area contributed by atoms with Crippen molar-refractivity contribution >= 4 is 17.6 Å². The summed E-state index contributed by atoms with van der Waals surface area (Å²) in [5, 5.41) is 8.85. The van der Waals surface area contributed by atoms with Crippen LogP contribution < -0.4 is 4.90 Å². The molecule has 0 spiro atoms. The quantitative estimate of drug-likeness (QED) is 0.498. The highest BCUT2D eigenvalue weighted by Gasteiger charge is 2.29. The Morgan fingerprint density at radius 3 is 2.11 bits per heavy atom. The van der Waals surface area contributed by atoms with Crippen molar-refractivity contribution in [3.63, 3.8) is 0 Å². The highest BCUT2D eigenvalue weighted by atomic mass is 16.2. The van der Waals surface area contributed by atoms with Crippen LogP contribution in [0.5, 0.6) is 0 Å². The maximum absolute atomic E-state index is 13.2. The van der Waals surface area contributed by atoms with E-state index < -0.39 is 0 Å². The molecular formula is C29H35N5O2. The van der Waals surface area contributed by atoms with Gasteiger partial charge in [0.2, 0.25) is 11.8 Å². The summed E-state index contributed by atoms with van der Waals surface area (Å²) in [6.07, 6.45) is 0. The van der Waals surface area contributed by atoms with Crippen LogP contribution in [0.1, 0.15) is 37.9 Å². The van der Waals surface area contributed by atoms with Gasteiger partial charge in [-0.05, 0) is 31.5 Å². The molecule has 36 heavy (non-hydrogen) atoms. The summed E-state index contributed by atoms with van der Waals surface area (Å²) in [5.41, 5.74) is 4.12. The third-order valence-corrected chi connectivity index (χ3v) is 6.79. The van der Waals surface area contributed by atoms with Gasteiger partial charge in [0.15, 0.2) is 5.82 Å². The third kappa shape index (κ3) is 5.90. The summed E-state index contributed by atoms with van der Waals surface area (Å²) < 4.78 is 0. The first-order valence-electron chi connectivity index (χ1n) is 12.6. The van der Waals surface area contributed by atoms with Gasteiger partial charge in [-0.2, -0.15) is 0 Å². The Balaban J connectivity index is 1.37. The van der Waals surface area contributed by atoms with Crippen LogP contribution in [0.3, 0.4) is 0 Å². The molecule has 188 valence electrons. The van der Waals surface area contributed by atoms with Crippen molar-refractivity contribution < 1.29 is 9.59 Å². The minimum atomic E-state index is -0.178. The predicted octanol–water partition coefficient (Wildman–Crippen LogP) is 4.35. The van der Waals surface area contributed by atoms with Gasteiger partial charge in [0.25, 0.3) is 0 Å². The van der Waals surface area contributed by atoms with Gasteiger partial charge in [-0.3, -0.25) is 9.59 Å². The molecule has 2 amide bonds. The van der Waals surface area contributed by atoms with Gasteiger partial charge < -0.3 is 14.7 Å². The summed E-state index contributed by atoms with van der Waals surface area (Å²) in [6, 6.07) is 21.9. The predicted molar refractivity (Wildman–Crippen MR) is 142 cm³/mol. The standard InChI is InChI=1S/C29H35N5O2/c1-21(2)29(36)34(23(4)24-8-6-5-7-9-24)20-28(35)33-18-16-32(17-19-33)27-15-14-26(30-31-27)25-12-10-22(3)11-13-25/h5-15,21,23H,16-20H2,1-4H3. The SMILES string of the molecule is Cc1ccc(-c2ccc(N3CCN(C(=O)CN(C(=O)C(C)C)C(C)c4ccccc4)CC3)nn2)cc1. The van der Waals surface area contributed by atoms with E-state index in [0.29, 0.717) is 26.2 Å². The molecule has 0 N–H and O–H groups in total. The number of hydrogen-bond donors (Lipinski definition) is 0. The highest BCUT2D eigenvalue weighted by molar-refractivity contribution is 5.86. The molecule has 2 aromatic carbocycles. The molecule has 7 nitrogen and oxygen atoms in total. The van der Waals surface area contributed by atoms with E-state index in [-0.39, 0.29) is 30.3 Å². The van der Waals surface area contributed by atoms with Crippen LogP contribution in [0.15, 0.2) is 66.7 Å². The number of hydrogen-bond acceptors (Lipinski definition) is 5. The number of amides is 2. The molecule has 1 aromatic heterocycles. The van der Waals surface area contributed by atoms with E-state index in [4.69, 9.17) is 0 Å². The smallest absolute Gasteiger partial charge is 0.242 e. The van der Waals surface area contributed by atoms with Gasteiger partial charge in [-0.1, -0.05) is 74.0 Å². The lowest BCUT2D eigenvalue weighted by Crippen LogP contribution is -2.52. The summed E-state index contributed by atoms with van der Waals surface area (Å²) in [4.78, 5) is 31.9. The molecular weight excluding hydrogens is 450 g/mol. The molecule has 1 unspecified atom stereocenters. The van der Waals surface area contributed by atoms with Crippen LogP contribution >= 0.6 is 0 Å². The normalized spacial score (nSPS) is 14.6. The third-order valence-electron chi connectivity index (χ3n) is 6.79. The first-order chi connectivity index (χ1) is 17.3. The van der Waals surface area contributed by atoms with Crippen LogP contribution in [0.4, 0.5) is 5.82 Å². The molecule has 0 radical (unpaired) electrons. The lowest BCUT2D eigenvalue weighted by Gasteiger charge is -2.37. The number of aryl methyl sites for hydroxylation is 1. The highest BCUT2D eigenvalue weighted by Crippen LogP contribution is 2.23. The minimum absolute atomic E-state index is 0.0118. The van der Waals surface area contributed by atoms with Crippen LogP contribution in [0.2, 0.25) is 0 Å². The number of piperazine rings is 1. The Labute approximate surface area is 213 Å². The van der Waals surface area contributed by atoms with Gasteiger partial charge in [0.1, 0.15) is 6.54 Å². The zero-order valence-corrected chi connectivity index (χ0v) is 21.6. The molecule has 2 heterocycles. The van der Waals surface area contributed by atoms with Crippen LogP contribution in [-0.2, 0) is 9.59 Å². The largest absolute Gasteiger partial charge is 0.352 e. The lowest BCUT2D eigenvalue weighted by atomic mass is 10.0. The van der Waals surface area contributed by atoms with Gasteiger partial charge in [-0.25, -0.2) is 0 Å². The summed E-state index contributed by atoms with van der Waals surface area (Å²) in [5.74, 6) is 0.601. The van der Waals surface area contributed by atoms with E-state index in [9.17, 15) is 9.59 Å². The van der Waals surface area contributed by atoms with E-state index in [2.05, 4.69) is 46.3 Å². The van der Waals surface area contributed by atoms with Crippen LogP contribution in [0.25, 0.3) is 11.3 Å². The summed E-state index contributed by atoms with van der Waals surface area (Å²) in [6.45, 7) is 10.4. The number of anilines is 1. The van der Waals surface area contributed by atoms with E-state index in [1.165, 1.54) is 5.56 Å². The molecule has 0 bridgehead atoms. The van der Waals surface area contributed by atoms with Crippen molar-refractivity contribution in [2.45, 2.75) is 33.7 Å². The first-order valence-corrected chi connectivity index (χ1v) is 12.6. The Morgan fingerprint density at radius 1 is 0.861 bits per heavy atom. The fourth-order valence-corrected chi connectivity index (χ4v) is 4.45. The molecule has 1 saturated heterocycles. The van der Waals surface area contributed by atoms with Crippen molar-refractivity contribution in [3.8, 4) is 11.3 Å². The molecule has 4 rings (SSSR count). The summed E-state index contributed by atoms with van der Waals surface area (Å²) in [7, 11) is 0. The average molecular weight is 486 g/mol. The summed E-state index contributed by atoms with van der Waals surface area (Å²) >= 11 is 0. The van der Waals surface area contributed by atoms with E-state index in [1.807, 2.05) is 68.1 Å². The van der Waals surface area contributed by atoms with Gasteiger partial charge in [0, 0.05) is 37.7 Å². The number of carbonyl (C=O) groups is 2. The van der Waals surface area contributed by atoms with E-state index in [0.717, 1.165) is 22.6 Å². The molecule has 0 saturated carbocycles. The molecule has 1 fully saturated rings. The Hall–Kier alpha value is -3.74. The topological polar surface area (TPSA) is 69.6 Å². The number of nitrogens with zero attached hydrogens (tertiary/aromatic N) is 5. The van der Waals surface area contributed by atoms with Crippen LogP contribution in [0, 0.1) is 12.8 Å². The molecule has 1 atom stereocenters. The second-order valence-corrected chi connectivity index (χ2v) is 9.72. The maximum Gasteiger partial charge on any atom is 0.242 e. The second-order valence-electron chi connectivity index (χ2n) is 9.72. The molecule has 3 aromatic rings. The molecule has 7 heteroatoms. The molecule has 1 aliphatic heterocycles. The van der Waals surface area contributed by atoms with Gasteiger partial charge >= 0.3 is 0 Å². The Morgan fingerprint density at radius 2 is 1.53 bits per heavy atom. The number of aromatic nitrogens is 2. The Bertz CT molecular complexity index is 1150. The number of carbonyl (C=O) groups excluding carboxylic acids is 2. The monoisotopic (exact) mass is 485 g/mol. The molecule has 0 aliphatic carbocycles. The van der Waals surface area contributed by atoms with Crippen LogP contribution in [-0.4, -0.2) is 64.5 Å². The van der Waals surface area contributed by atoms with E-state index >= 15 is 0 Å². The molecule has 1 aliphatic rings. The van der Waals surface area contributed by atoms with Gasteiger partial charge in [-0.15, -0.1) is 10.2 Å². The lowest BCUT2D eigenvalue weighted by molar-refractivity contribution is -0.144. The second kappa shape index (κ2) is 11.3. The fraction of sp³-hybridized carbons (Fsp3) is 0.379. The first kappa shape index (κ1) is 25.4. The zero-order chi connectivity index (χ0) is 25.7. The minimum Gasteiger partial charge on any atom is -0.352 e. The van der Waals surface area contributed by atoms with Crippen molar-refractivity contribution in [2.24, 2.45) is 5.92 Å². The van der Waals surface area contributed by atoms with E-state index in [1.54, 1.807) is 4.90 Å². The van der Waals surface area contributed by atoms with Crippen molar-refractivity contribution in [1.29, 1.82) is 0 Å². The van der Waals surface area contributed by atoms with Crippen molar-refractivity contribution in [1.82, 2.24) is 20.0 Å². The van der Waals surface area contributed by atoms with Crippen molar-refractivity contribution in [3.05, 3.63) is 77.9 Å².